The number of rotatable bonds is 5. The third-order valence-corrected chi connectivity index (χ3v) is 2.09. The van der Waals surface area contributed by atoms with E-state index in [0.29, 0.717) is 17.9 Å². The monoisotopic (exact) mass is 213 g/mol. The zero-order chi connectivity index (χ0) is 11.3. The van der Waals surface area contributed by atoms with Crippen LogP contribution in [0.2, 0.25) is 0 Å². The van der Waals surface area contributed by atoms with Crippen molar-refractivity contribution in [3.8, 4) is 5.75 Å². The number of halogens is 1. The van der Waals surface area contributed by atoms with Crippen molar-refractivity contribution in [2.24, 2.45) is 11.7 Å². The van der Waals surface area contributed by atoms with Gasteiger partial charge in [0.05, 0.1) is 6.61 Å². The average Bonchev–Trinajstić information content (AvgIpc) is 2.26. The first-order chi connectivity index (χ1) is 7.17. The first kappa shape index (κ1) is 11.9. The topological polar surface area (TPSA) is 55.5 Å². The highest BCUT2D eigenvalue weighted by molar-refractivity contribution is 5.28. The molecule has 1 aromatic rings. The number of ether oxygens (including phenoxy) is 1. The van der Waals surface area contributed by atoms with Crippen LogP contribution < -0.4 is 10.5 Å². The molecule has 0 aliphatic carbocycles. The second kappa shape index (κ2) is 5.68. The molecule has 0 aliphatic rings. The Bertz CT molecular complexity index is 317. The molecule has 0 saturated carbocycles. The number of hydrogen-bond donors (Lipinski definition) is 2. The summed E-state index contributed by atoms with van der Waals surface area (Å²) in [6, 6.07) is 4.59. The van der Waals surface area contributed by atoms with E-state index in [2.05, 4.69) is 0 Å². The van der Waals surface area contributed by atoms with Crippen molar-refractivity contribution in [1.82, 2.24) is 0 Å². The molecule has 0 fully saturated rings. The van der Waals surface area contributed by atoms with Gasteiger partial charge >= 0.3 is 0 Å². The van der Waals surface area contributed by atoms with Crippen molar-refractivity contribution in [2.45, 2.75) is 13.5 Å². The molecule has 0 radical (unpaired) electrons. The van der Waals surface area contributed by atoms with E-state index in [4.69, 9.17) is 15.6 Å². The van der Waals surface area contributed by atoms with Crippen LogP contribution >= 0.6 is 0 Å². The third-order valence-electron chi connectivity index (χ3n) is 2.09. The molecule has 0 heterocycles. The molecule has 0 bridgehead atoms. The van der Waals surface area contributed by atoms with Crippen LogP contribution in [-0.4, -0.2) is 18.3 Å². The molecular formula is C11H16FNO2. The van der Waals surface area contributed by atoms with Gasteiger partial charge in [0.15, 0.2) is 0 Å². The van der Waals surface area contributed by atoms with Crippen molar-refractivity contribution in [1.29, 1.82) is 0 Å². The van der Waals surface area contributed by atoms with Gasteiger partial charge in [-0.05, 0) is 6.07 Å². The van der Waals surface area contributed by atoms with Gasteiger partial charge in [0, 0.05) is 30.7 Å². The fraction of sp³-hybridized carbons (Fsp3) is 0.455. The highest BCUT2D eigenvalue weighted by Crippen LogP contribution is 2.16. The fourth-order valence-electron chi connectivity index (χ4n) is 1.07. The minimum atomic E-state index is -0.355. The molecule has 3 nitrogen and oxygen atoms in total. The molecule has 0 amide bonds. The number of hydrogen-bond acceptors (Lipinski definition) is 3. The third kappa shape index (κ3) is 3.49. The lowest BCUT2D eigenvalue weighted by Crippen LogP contribution is -2.12. The van der Waals surface area contributed by atoms with E-state index < -0.39 is 0 Å². The predicted octanol–water partition coefficient (Wildman–Crippen LogP) is 1.29. The number of benzene rings is 1. The molecule has 0 spiro atoms. The van der Waals surface area contributed by atoms with E-state index in [9.17, 15) is 4.39 Å². The summed E-state index contributed by atoms with van der Waals surface area (Å²) in [5, 5.41) is 8.78. The van der Waals surface area contributed by atoms with E-state index in [-0.39, 0.29) is 24.9 Å². The summed E-state index contributed by atoms with van der Waals surface area (Å²) in [7, 11) is 0. The molecule has 1 atom stereocenters. The van der Waals surface area contributed by atoms with Crippen LogP contribution in [0.4, 0.5) is 4.39 Å². The van der Waals surface area contributed by atoms with E-state index in [1.807, 2.05) is 6.92 Å². The summed E-state index contributed by atoms with van der Waals surface area (Å²) in [5.74, 6) is 0.152. The van der Waals surface area contributed by atoms with Crippen molar-refractivity contribution in [3.05, 3.63) is 29.6 Å². The summed E-state index contributed by atoms with van der Waals surface area (Å²) in [4.78, 5) is 0. The predicted molar refractivity (Wildman–Crippen MR) is 56.0 cm³/mol. The van der Waals surface area contributed by atoms with Crippen molar-refractivity contribution >= 4 is 0 Å². The Morgan fingerprint density at radius 3 is 2.80 bits per heavy atom. The zero-order valence-electron chi connectivity index (χ0n) is 8.74. The Balaban J connectivity index is 2.59. The number of aliphatic hydroxyl groups is 1. The summed E-state index contributed by atoms with van der Waals surface area (Å²) >= 11 is 0. The molecular weight excluding hydrogens is 197 g/mol. The maximum absolute atomic E-state index is 13.2. The highest BCUT2D eigenvalue weighted by Gasteiger charge is 2.04. The molecule has 0 saturated heterocycles. The molecule has 15 heavy (non-hydrogen) atoms. The van der Waals surface area contributed by atoms with Crippen LogP contribution in [0.25, 0.3) is 0 Å². The van der Waals surface area contributed by atoms with Gasteiger partial charge in [0.1, 0.15) is 11.6 Å². The van der Waals surface area contributed by atoms with Crippen LogP contribution in [-0.2, 0) is 6.54 Å². The standard InChI is InChI=1S/C11H16FNO2/c1-8(6-14)7-15-10-3-2-9(5-13)11(12)4-10/h2-4,8,14H,5-7,13H2,1H3. The highest BCUT2D eigenvalue weighted by atomic mass is 19.1. The quantitative estimate of drug-likeness (QED) is 0.775. The first-order valence-electron chi connectivity index (χ1n) is 4.89. The molecule has 3 N–H and O–H groups in total. The number of aliphatic hydroxyl groups excluding tert-OH is 1. The summed E-state index contributed by atoms with van der Waals surface area (Å²) in [6.45, 7) is 2.46. The minimum Gasteiger partial charge on any atom is -0.493 e. The van der Waals surface area contributed by atoms with E-state index in [1.165, 1.54) is 6.07 Å². The van der Waals surface area contributed by atoms with E-state index in [1.54, 1.807) is 12.1 Å². The van der Waals surface area contributed by atoms with Crippen LogP contribution in [0.5, 0.6) is 5.75 Å². The second-order valence-electron chi connectivity index (χ2n) is 3.56. The lowest BCUT2D eigenvalue weighted by atomic mass is 10.2. The van der Waals surface area contributed by atoms with Gasteiger partial charge in [-0.15, -0.1) is 0 Å². The van der Waals surface area contributed by atoms with Crippen molar-refractivity contribution < 1.29 is 14.2 Å². The molecule has 0 aromatic heterocycles. The Morgan fingerprint density at radius 2 is 2.27 bits per heavy atom. The average molecular weight is 213 g/mol. The molecule has 1 unspecified atom stereocenters. The maximum Gasteiger partial charge on any atom is 0.131 e. The molecule has 1 aromatic carbocycles. The lowest BCUT2D eigenvalue weighted by molar-refractivity contribution is 0.174. The van der Waals surface area contributed by atoms with Crippen molar-refractivity contribution in [3.63, 3.8) is 0 Å². The Morgan fingerprint density at radius 1 is 1.53 bits per heavy atom. The van der Waals surface area contributed by atoms with Crippen molar-refractivity contribution in [2.75, 3.05) is 13.2 Å². The zero-order valence-corrected chi connectivity index (χ0v) is 8.74. The summed E-state index contributed by atoms with van der Waals surface area (Å²) in [6.07, 6.45) is 0. The number of nitrogens with two attached hydrogens (primary N) is 1. The molecule has 0 aliphatic heterocycles. The first-order valence-corrected chi connectivity index (χ1v) is 4.89. The molecule has 1 rings (SSSR count). The van der Waals surface area contributed by atoms with Crippen LogP contribution in [0.1, 0.15) is 12.5 Å². The largest absolute Gasteiger partial charge is 0.493 e. The molecule has 84 valence electrons. The molecule has 4 heteroatoms. The Labute approximate surface area is 88.7 Å². The fourth-order valence-corrected chi connectivity index (χ4v) is 1.07. The smallest absolute Gasteiger partial charge is 0.131 e. The maximum atomic E-state index is 13.2. The van der Waals surface area contributed by atoms with Crippen LogP contribution in [0.3, 0.4) is 0 Å². The summed E-state index contributed by atoms with van der Waals surface area (Å²) in [5.41, 5.74) is 5.80. The minimum absolute atomic E-state index is 0.0437. The second-order valence-corrected chi connectivity index (χ2v) is 3.56. The Hall–Kier alpha value is -1.13. The Kier molecular flexibility index (Phi) is 4.52. The van der Waals surface area contributed by atoms with E-state index in [0.717, 1.165) is 0 Å². The van der Waals surface area contributed by atoms with Crippen LogP contribution in [0, 0.1) is 11.7 Å². The van der Waals surface area contributed by atoms with Gasteiger partial charge in [-0.25, -0.2) is 4.39 Å². The SMILES string of the molecule is CC(CO)COc1ccc(CN)c(F)c1. The lowest BCUT2D eigenvalue weighted by Gasteiger charge is -2.11. The van der Waals surface area contributed by atoms with Crippen LogP contribution in [0.15, 0.2) is 18.2 Å². The summed E-state index contributed by atoms with van der Waals surface area (Å²) < 4.78 is 18.5. The van der Waals surface area contributed by atoms with Gasteiger partial charge < -0.3 is 15.6 Å². The van der Waals surface area contributed by atoms with Gasteiger partial charge in [0.2, 0.25) is 0 Å². The van der Waals surface area contributed by atoms with Gasteiger partial charge in [0.25, 0.3) is 0 Å². The van der Waals surface area contributed by atoms with E-state index >= 15 is 0 Å². The van der Waals surface area contributed by atoms with Gasteiger partial charge in [-0.1, -0.05) is 13.0 Å². The van der Waals surface area contributed by atoms with Gasteiger partial charge in [-0.2, -0.15) is 0 Å². The van der Waals surface area contributed by atoms with Gasteiger partial charge in [-0.3, -0.25) is 0 Å². The normalized spacial score (nSPS) is 12.5.